The lowest BCUT2D eigenvalue weighted by atomic mass is 9.99. The molecule has 0 amide bonds. The van der Waals surface area contributed by atoms with E-state index in [0.717, 1.165) is 35.0 Å². The van der Waals surface area contributed by atoms with Gasteiger partial charge in [-0.15, -0.1) is 0 Å². The van der Waals surface area contributed by atoms with Crippen LogP contribution in [0.2, 0.25) is 0 Å². The molecule has 1 aliphatic heterocycles. The zero-order chi connectivity index (χ0) is 15.0. The fraction of sp³-hybridized carbons (Fsp3) is 0.438. The van der Waals surface area contributed by atoms with Crippen molar-refractivity contribution in [3.63, 3.8) is 0 Å². The van der Waals surface area contributed by atoms with Gasteiger partial charge in [-0.2, -0.15) is 0 Å². The van der Waals surface area contributed by atoms with Gasteiger partial charge in [-0.25, -0.2) is 0 Å². The minimum Gasteiger partial charge on any atom is -0.377 e. The number of fused-ring (bicyclic) bond motifs is 3. The highest BCUT2D eigenvalue weighted by Gasteiger charge is 2.24. The minimum absolute atomic E-state index is 0.0216. The highest BCUT2D eigenvalue weighted by atomic mass is 16.3. The second kappa shape index (κ2) is 5.60. The van der Waals surface area contributed by atoms with E-state index < -0.39 is 6.23 Å². The maximum Gasteiger partial charge on any atom is 0.256 e. The predicted octanol–water partition coefficient (Wildman–Crippen LogP) is 0.766. The highest BCUT2D eigenvalue weighted by molar-refractivity contribution is 5.85. The molecule has 5 heteroatoms. The average Bonchev–Trinajstić information content (AvgIpc) is 2.46. The number of aliphatic hydroxyl groups excluding tert-OH is 1. The van der Waals surface area contributed by atoms with Crippen molar-refractivity contribution >= 4 is 10.8 Å². The number of aromatic nitrogens is 1. The van der Waals surface area contributed by atoms with Crippen LogP contribution >= 0.6 is 0 Å². The van der Waals surface area contributed by atoms with Crippen LogP contribution in [0.4, 0.5) is 0 Å². The molecule has 0 fully saturated rings. The van der Waals surface area contributed by atoms with E-state index in [4.69, 9.17) is 0 Å². The summed E-state index contributed by atoms with van der Waals surface area (Å²) in [6.07, 6.45) is 0.277. The van der Waals surface area contributed by atoms with Crippen molar-refractivity contribution in [3.05, 3.63) is 45.9 Å². The van der Waals surface area contributed by atoms with Crippen LogP contribution in [0.25, 0.3) is 10.8 Å². The van der Waals surface area contributed by atoms with Gasteiger partial charge in [0.15, 0.2) is 0 Å². The number of likely N-dealkylation sites (N-methyl/N-ethyl adjacent to an activating group) is 1. The van der Waals surface area contributed by atoms with E-state index in [9.17, 15) is 9.90 Å². The molecule has 21 heavy (non-hydrogen) atoms. The van der Waals surface area contributed by atoms with Gasteiger partial charge in [0.25, 0.3) is 5.56 Å². The molecule has 0 radical (unpaired) electrons. The summed E-state index contributed by atoms with van der Waals surface area (Å²) in [6, 6.07) is 7.68. The van der Waals surface area contributed by atoms with Gasteiger partial charge in [-0.1, -0.05) is 18.2 Å². The van der Waals surface area contributed by atoms with Gasteiger partial charge in [-0.3, -0.25) is 9.69 Å². The van der Waals surface area contributed by atoms with Crippen LogP contribution in [0.5, 0.6) is 0 Å². The van der Waals surface area contributed by atoms with Crippen molar-refractivity contribution in [3.8, 4) is 0 Å². The number of pyridine rings is 1. The summed E-state index contributed by atoms with van der Waals surface area (Å²) < 4.78 is 0. The number of H-pyrrole nitrogens is 1. The van der Waals surface area contributed by atoms with Crippen molar-refractivity contribution in [2.75, 3.05) is 27.2 Å². The smallest absolute Gasteiger partial charge is 0.256 e. The molecule has 0 saturated heterocycles. The van der Waals surface area contributed by atoms with Crippen molar-refractivity contribution in [2.24, 2.45) is 0 Å². The van der Waals surface area contributed by atoms with Gasteiger partial charge in [0.05, 0.1) is 0 Å². The molecule has 2 aromatic rings. The van der Waals surface area contributed by atoms with Crippen molar-refractivity contribution in [1.29, 1.82) is 0 Å². The van der Waals surface area contributed by atoms with Gasteiger partial charge in [0.1, 0.15) is 6.23 Å². The molecule has 1 aromatic heterocycles. The second-order valence-corrected chi connectivity index (χ2v) is 5.92. The molecular formula is C16H21N3O2. The number of hydrogen-bond donors (Lipinski definition) is 2. The first kappa shape index (κ1) is 14.3. The highest BCUT2D eigenvalue weighted by Crippen LogP contribution is 2.24. The fourth-order valence-electron chi connectivity index (χ4n) is 3.01. The molecule has 2 N–H and O–H groups in total. The quantitative estimate of drug-likeness (QED) is 0.875. The number of hydrogen-bond acceptors (Lipinski definition) is 4. The average molecular weight is 287 g/mol. The van der Waals surface area contributed by atoms with E-state index >= 15 is 0 Å². The first-order chi connectivity index (χ1) is 10.1. The Kier molecular flexibility index (Phi) is 3.80. The zero-order valence-electron chi connectivity index (χ0n) is 12.5. The lowest BCUT2D eigenvalue weighted by Gasteiger charge is -2.34. The van der Waals surface area contributed by atoms with Crippen LogP contribution < -0.4 is 5.56 Å². The summed E-state index contributed by atoms with van der Waals surface area (Å²) in [4.78, 5) is 19.1. The normalized spacial score (nSPS) is 17.1. The van der Waals surface area contributed by atoms with Gasteiger partial charge < -0.3 is 15.0 Å². The number of benzene rings is 1. The maximum absolute atomic E-state index is 12.1. The monoisotopic (exact) mass is 287 g/mol. The van der Waals surface area contributed by atoms with Crippen LogP contribution in [-0.2, 0) is 13.0 Å². The summed E-state index contributed by atoms with van der Waals surface area (Å²) in [6.45, 7) is 2.04. The van der Waals surface area contributed by atoms with E-state index in [2.05, 4.69) is 9.88 Å². The Hall–Kier alpha value is -1.69. The molecule has 0 aliphatic carbocycles. The molecule has 1 aromatic carbocycles. The largest absolute Gasteiger partial charge is 0.377 e. The van der Waals surface area contributed by atoms with Crippen molar-refractivity contribution in [1.82, 2.24) is 14.8 Å². The molecule has 3 rings (SSSR count). The number of nitrogens with zero attached hydrogens (tertiary/aromatic N) is 2. The molecular weight excluding hydrogens is 266 g/mol. The Morgan fingerprint density at radius 1 is 1.33 bits per heavy atom. The van der Waals surface area contributed by atoms with Crippen LogP contribution in [0.3, 0.4) is 0 Å². The zero-order valence-corrected chi connectivity index (χ0v) is 12.5. The predicted molar refractivity (Wildman–Crippen MR) is 83.2 cm³/mol. The van der Waals surface area contributed by atoms with E-state index in [1.54, 1.807) is 0 Å². The van der Waals surface area contributed by atoms with Gasteiger partial charge >= 0.3 is 0 Å². The molecule has 0 bridgehead atoms. The van der Waals surface area contributed by atoms with E-state index in [1.807, 2.05) is 43.3 Å². The Morgan fingerprint density at radius 3 is 2.76 bits per heavy atom. The molecule has 2 heterocycles. The molecule has 1 unspecified atom stereocenters. The third kappa shape index (κ3) is 2.72. The first-order valence-electron chi connectivity index (χ1n) is 7.26. The summed E-state index contributed by atoms with van der Waals surface area (Å²) >= 11 is 0. The summed E-state index contributed by atoms with van der Waals surface area (Å²) in [5.74, 6) is 0. The van der Waals surface area contributed by atoms with E-state index in [-0.39, 0.29) is 5.56 Å². The van der Waals surface area contributed by atoms with Gasteiger partial charge in [-0.05, 0) is 31.1 Å². The van der Waals surface area contributed by atoms with Gasteiger partial charge in [0.2, 0.25) is 0 Å². The Bertz CT molecular complexity index is 708. The van der Waals surface area contributed by atoms with E-state index in [0.29, 0.717) is 13.1 Å². The first-order valence-corrected chi connectivity index (χ1v) is 7.26. The molecule has 5 nitrogen and oxygen atoms in total. The summed E-state index contributed by atoms with van der Waals surface area (Å²) in [5.41, 5.74) is 2.12. The maximum atomic E-state index is 12.1. The molecule has 1 atom stereocenters. The Labute approximate surface area is 123 Å². The van der Waals surface area contributed by atoms with Crippen LogP contribution in [0, 0.1) is 0 Å². The lowest BCUT2D eigenvalue weighted by molar-refractivity contribution is -0.0210. The van der Waals surface area contributed by atoms with Crippen molar-refractivity contribution < 1.29 is 5.11 Å². The number of nitrogens with one attached hydrogen (secondary N) is 1. The Balaban J connectivity index is 1.98. The molecule has 112 valence electrons. The number of aromatic amines is 1. The summed E-state index contributed by atoms with van der Waals surface area (Å²) in [7, 11) is 3.90. The second-order valence-electron chi connectivity index (χ2n) is 5.92. The summed E-state index contributed by atoms with van der Waals surface area (Å²) in [5, 5.41) is 12.0. The van der Waals surface area contributed by atoms with Gasteiger partial charge in [0, 0.05) is 37.1 Å². The third-order valence-corrected chi connectivity index (χ3v) is 4.09. The number of aliphatic hydroxyl groups is 1. The van der Waals surface area contributed by atoms with Crippen molar-refractivity contribution in [2.45, 2.75) is 19.2 Å². The molecule has 0 saturated carbocycles. The van der Waals surface area contributed by atoms with Crippen LogP contribution in [0.15, 0.2) is 29.1 Å². The SMILES string of the molecule is CN(C)CC(O)N1CCc2[nH]c(=O)c3ccccc3c2C1. The third-order valence-electron chi connectivity index (χ3n) is 4.09. The fourth-order valence-corrected chi connectivity index (χ4v) is 3.01. The molecule has 1 aliphatic rings. The van der Waals surface area contributed by atoms with Crippen LogP contribution in [-0.4, -0.2) is 53.3 Å². The van der Waals surface area contributed by atoms with E-state index in [1.165, 1.54) is 0 Å². The minimum atomic E-state index is -0.487. The topological polar surface area (TPSA) is 59.6 Å². The Morgan fingerprint density at radius 2 is 2.05 bits per heavy atom. The lowest BCUT2D eigenvalue weighted by Crippen LogP contribution is -2.45. The molecule has 0 spiro atoms. The number of rotatable bonds is 3. The van der Waals surface area contributed by atoms with Crippen LogP contribution in [0.1, 0.15) is 11.3 Å². The standard InChI is InChI=1S/C16H21N3O2/c1-18(2)10-15(20)19-8-7-14-13(9-19)11-5-3-4-6-12(11)16(21)17-14/h3-6,15,20H,7-10H2,1-2H3,(H,17,21).